The summed E-state index contributed by atoms with van der Waals surface area (Å²) in [6.07, 6.45) is 0.353. The van der Waals surface area contributed by atoms with Gasteiger partial charge in [0.1, 0.15) is 5.75 Å². The smallest absolute Gasteiger partial charge is 0.224 e. The van der Waals surface area contributed by atoms with Gasteiger partial charge in [-0.05, 0) is 55.8 Å². The number of hydrogen-bond donors (Lipinski definition) is 1. The van der Waals surface area contributed by atoms with Gasteiger partial charge in [0.15, 0.2) is 5.78 Å². The number of anilines is 1. The summed E-state index contributed by atoms with van der Waals surface area (Å²) in [5.41, 5.74) is 2.42. The zero-order valence-corrected chi connectivity index (χ0v) is 13.5. The summed E-state index contributed by atoms with van der Waals surface area (Å²) in [6.45, 7) is 4.46. The topological polar surface area (TPSA) is 55.4 Å². The highest BCUT2D eigenvalue weighted by Gasteiger charge is 2.10. The minimum Gasteiger partial charge on any atom is -0.494 e. The van der Waals surface area contributed by atoms with Crippen molar-refractivity contribution < 1.29 is 14.3 Å². The minimum atomic E-state index is -0.158. The molecule has 0 atom stereocenters. The minimum absolute atomic E-state index is 0.0487. The Bertz CT molecular complexity index is 677. The van der Waals surface area contributed by atoms with E-state index < -0.39 is 0 Å². The summed E-state index contributed by atoms with van der Waals surface area (Å²) in [5.74, 6) is 0.531. The Hall–Kier alpha value is -2.62. The molecule has 2 aromatic rings. The molecule has 0 aliphatic carbocycles. The molecule has 1 N–H and O–H groups in total. The van der Waals surface area contributed by atoms with E-state index >= 15 is 0 Å². The summed E-state index contributed by atoms with van der Waals surface area (Å²) in [6, 6.07) is 14.6. The summed E-state index contributed by atoms with van der Waals surface area (Å²) < 4.78 is 5.34. The lowest BCUT2D eigenvalue weighted by molar-refractivity contribution is -0.116. The van der Waals surface area contributed by atoms with Crippen LogP contribution in [-0.2, 0) is 4.79 Å². The van der Waals surface area contributed by atoms with Crippen LogP contribution in [0.3, 0.4) is 0 Å². The van der Waals surface area contributed by atoms with E-state index in [1.165, 1.54) is 0 Å². The molecule has 23 heavy (non-hydrogen) atoms. The number of nitrogens with one attached hydrogen (secondary N) is 1. The number of aryl methyl sites for hydroxylation is 1. The Morgan fingerprint density at radius 2 is 1.78 bits per heavy atom. The van der Waals surface area contributed by atoms with Crippen molar-refractivity contribution in [1.82, 2.24) is 0 Å². The van der Waals surface area contributed by atoms with Crippen LogP contribution in [-0.4, -0.2) is 18.3 Å². The Morgan fingerprint density at radius 1 is 1.04 bits per heavy atom. The molecule has 0 aliphatic heterocycles. The van der Waals surface area contributed by atoms with Crippen molar-refractivity contribution >= 4 is 17.4 Å². The number of rotatable bonds is 7. The van der Waals surface area contributed by atoms with E-state index in [0.29, 0.717) is 12.2 Å². The molecule has 0 radical (unpaired) electrons. The molecule has 0 unspecified atom stereocenters. The van der Waals surface area contributed by atoms with Crippen molar-refractivity contribution in [2.45, 2.75) is 26.7 Å². The van der Waals surface area contributed by atoms with Gasteiger partial charge in [-0.25, -0.2) is 0 Å². The first-order valence-electron chi connectivity index (χ1n) is 7.71. The van der Waals surface area contributed by atoms with Gasteiger partial charge in [-0.15, -0.1) is 0 Å². The molecule has 2 rings (SSSR count). The van der Waals surface area contributed by atoms with Gasteiger partial charge in [-0.1, -0.05) is 12.1 Å². The van der Waals surface area contributed by atoms with Gasteiger partial charge in [-0.3, -0.25) is 9.59 Å². The number of amides is 1. The molecular weight excluding hydrogens is 290 g/mol. The molecule has 0 spiro atoms. The van der Waals surface area contributed by atoms with Gasteiger partial charge in [0.2, 0.25) is 5.91 Å². The first-order valence-corrected chi connectivity index (χ1v) is 7.71. The standard InChI is InChI=1S/C19H21NO3/c1-3-23-17-9-7-15(8-10-17)18(21)11-12-19(22)20-16-6-4-5-14(2)13-16/h4-10,13H,3,11-12H2,1-2H3,(H,20,22). The predicted molar refractivity (Wildman–Crippen MR) is 91.0 cm³/mol. The number of carbonyl (C=O) groups excluding carboxylic acids is 2. The molecule has 4 nitrogen and oxygen atoms in total. The van der Waals surface area contributed by atoms with Crippen LogP contribution in [0.4, 0.5) is 5.69 Å². The maximum absolute atomic E-state index is 12.1. The molecule has 0 fully saturated rings. The van der Waals surface area contributed by atoms with E-state index in [4.69, 9.17) is 4.74 Å². The second kappa shape index (κ2) is 8.13. The number of carbonyl (C=O) groups is 2. The third-order valence-corrected chi connectivity index (χ3v) is 3.37. The number of Topliss-reactive ketones (excluding diaryl/α,β-unsaturated/α-hetero) is 1. The van der Waals surface area contributed by atoms with Gasteiger partial charge in [0.05, 0.1) is 6.61 Å². The number of benzene rings is 2. The molecule has 4 heteroatoms. The van der Waals surface area contributed by atoms with Crippen molar-refractivity contribution in [1.29, 1.82) is 0 Å². The number of ether oxygens (including phenoxy) is 1. The van der Waals surface area contributed by atoms with E-state index in [9.17, 15) is 9.59 Å². The molecule has 0 saturated heterocycles. The third kappa shape index (κ3) is 5.25. The highest BCUT2D eigenvalue weighted by molar-refractivity contribution is 6.00. The molecule has 0 aliphatic rings. The summed E-state index contributed by atoms with van der Waals surface area (Å²) in [7, 11) is 0. The van der Waals surface area contributed by atoms with Gasteiger partial charge >= 0.3 is 0 Å². The van der Waals surface area contributed by atoms with Crippen LogP contribution in [0.15, 0.2) is 48.5 Å². The average Bonchev–Trinajstić information content (AvgIpc) is 2.54. The summed E-state index contributed by atoms with van der Waals surface area (Å²) in [4.78, 5) is 24.0. The summed E-state index contributed by atoms with van der Waals surface area (Å²) >= 11 is 0. The second-order valence-electron chi connectivity index (χ2n) is 5.30. The number of hydrogen-bond acceptors (Lipinski definition) is 3. The summed E-state index contributed by atoms with van der Waals surface area (Å²) in [5, 5.41) is 2.80. The molecule has 0 heterocycles. The highest BCUT2D eigenvalue weighted by Crippen LogP contribution is 2.15. The maximum atomic E-state index is 12.1. The van der Waals surface area contributed by atoms with E-state index in [0.717, 1.165) is 17.0 Å². The normalized spacial score (nSPS) is 10.2. The van der Waals surface area contributed by atoms with Gasteiger partial charge in [0, 0.05) is 24.1 Å². The van der Waals surface area contributed by atoms with Crippen molar-refractivity contribution in [3.05, 3.63) is 59.7 Å². The van der Waals surface area contributed by atoms with E-state index in [-0.39, 0.29) is 24.5 Å². The van der Waals surface area contributed by atoms with Gasteiger partial charge in [-0.2, -0.15) is 0 Å². The number of ketones is 1. The molecule has 120 valence electrons. The average molecular weight is 311 g/mol. The van der Waals surface area contributed by atoms with Crippen LogP contribution >= 0.6 is 0 Å². The molecule has 0 aromatic heterocycles. The molecule has 2 aromatic carbocycles. The Kier molecular flexibility index (Phi) is 5.92. The molecule has 0 bridgehead atoms. The quantitative estimate of drug-likeness (QED) is 0.786. The lowest BCUT2D eigenvalue weighted by Gasteiger charge is -2.06. The first kappa shape index (κ1) is 16.7. The van der Waals surface area contributed by atoms with Crippen LogP contribution in [0.2, 0.25) is 0 Å². The molecular formula is C19H21NO3. The fourth-order valence-corrected chi connectivity index (χ4v) is 2.22. The third-order valence-electron chi connectivity index (χ3n) is 3.37. The predicted octanol–water partition coefficient (Wildman–Crippen LogP) is 4.00. The van der Waals surface area contributed by atoms with Crippen LogP contribution in [0.5, 0.6) is 5.75 Å². The molecule has 0 saturated carbocycles. The Labute approximate surface area is 136 Å². The second-order valence-corrected chi connectivity index (χ2v) is 5.30. The largest absolute Gasteiger partial charge is 0.494 e. The molecule has 1 amide bonds. The van der Waals surface area contributed by atoms with E-state index in [1.54, 1.807) is 24.3 Å². The van der Waals surface area contributed by atoms with Crippen LogP contribution in [0.1, 0.15) is 35.7 Å². The van der Waals surface area contributed by atoms with Crippen molar-refractivity contribution in [3.63, 3.8) is 0 Å². The van der Waals surface area contributed by atoms with E-state index in [2.05, 4.69) is 5.32 Å². The van der Waals surface area contributed by atoms with Crippen molar-refractivity contribution in [2.24, 2.45) is 0 Å². The van der Waals surface area contributed by atoms with Crippen LogP contribution in [0, 0.1) is 6.92 Å². The van der Waals surface area contributed by atoms with Gasteiger partial charge in [0.25, 0.3) is 0 Å². The SMILES string of the molecule is CCOc1ccc(C(=O)CCC(=O)Nc2cccc(C)c2)cc1. The fraction of sp³-hybridized carbons (Fsp3) is 0.263. The van der Waals surface area contributed by atoms with Crippen molar-refractivity contribution in [2.75, 3.05) is 11.9 Å². The van der Waals surface area contributed by atoms with Crippen LogP contribution < -0.4 is 10.1 Å². The first-order chi connectivity index (χ1) is 11.1. The van der Waals surface area contributed by atoms with Gasteiger partial charge < -0.3 is 10.1 Å². The zero-order valence-electron chi connectivity index (χ0n) is 13.5. The Balaban J connectivity index is 1.84. The monoisotopic (exact) mass is 311 g/mol. The lowest BCUT2D eigenvalue weighted by atomic mass is 10.1. The van der Waals surface area contributed by atoms with E-state index in [1.807, 2.05) is 38.1 Å². The fourth-order valence-electron chi connectivity index (χ4n) is 2.22. The Morgan fingerprint density at radius 3 is 2.43 bits per heavy atom. The van der Waals surface area contributed by atoms with Crippen molar-refractivity contribution in [3.8, 4) is 5.75 Å². The zero-order chi connectivity index (χ0) is 16.7. The maximum Gasteiger partial charge on any atom is 0.224 e. The lowest BCUT2D eigenvalue weighted by Crippen LogP contribution is -2.13. The van der Waals surface area contributed by atoms with Crippen LogP contribution in [0.25, 0.3) is 0 Å². The highest BCUT2D eigenvalue weighted by atomic mass is 16.5.